The van der Waals surface area contributed by atoms with Gasteiger partial charge in [-0.05, 0) is 56.1 Å². The van der Waals surface area contributed by atoms with Crippen molar-refractivity contribution in [3.8, 4) is 5.75 Å². The lowest BCUT2D eigenvalue weighted by Crippen LogP contribution is -2.40. The molecule has 0 spiro atoms. The number of benzene rings is 1. The number of nitrogens with zero attached hydrogens (tertiary/aromatic N) is 1. The molecule has 2 aliphatic rings. The van der Waals surface area contributed by atoms with Gasteiger partial charge in [0.15, 0.2) is 0 Å². The second-order valence-electron chi connectivity index (χ2n) is 5.96. The summed E-state index contributed by atoms with van der Waals surface area (Å²) in [6.45, 7) is 3.17. The summed E-state index contributed by atoms with van der Waals surface area (Å²) in [5, 5.41) is 3.89. The fraction of sp³-hybridized carbons (Fsp3) is 0.562. The van der Waals surface area contributed by atoms with Crippen LogP contribution in [0.3, 0.4) is 0 Å². The SMILES string of the molecule is CNC[C@@H]1CCN(C(=O)[C@@H]2COc3ccc(Cl)cc3C2)C1. The van der Waals surface area contributed by atoms with E-state index in [1.807, 2.05) is 30.1 Å². The predicted molar refractivity (Wildman–Crippen MR) is 82.8 cm³/mol. The van der Waals surface area contributed by atoms with Gasteiger partial charge in [-0.15, -0.1) is 0 Å². The quantitative estimate of drug-likeness (QED) is 0.928. The third-order valence-corrected chi connectivity index (χ3v) is 4.60. The first-order valence-corrected chi connectivity index (χ1v) is 7.89. The Morgan fingerprint density at radius 1 is 1.52 bits per heavy atom. The van der Waals surface area contributed by atoms with Crippen molar-refractivity contribution in [1.29, 1.82) is 0 Å². The Labute approximate surface area is 130 Å². The van der Waals surface area contributed by atoms with Crippen molar-refractivity contribution >= 4 is 17.5 Å². The molecule has 1 saturated heterocycles. The molecule has 0 aliphatic carbocycles. The molecule has 5 heteroatoms. The molecule has 3 rings (SSSR count). The van der Waals surface area contributed by atoms with Crippen LogP contribution in [0.2, 0.25) is 5.02 Å². The van der Waals surface area contributed by atoms with Gasteiger partial charge in [0.25, 0.3) is 0 Å². The van der Waals surface area contributed by atoms with E-state index in [1.54, 1.807) is 0 Å². The number of ether oxygens (including phenoxy) is 1. The molecule has 0 unspecified atom stereocenters. The maximum absolute atomic E-state index is 12.6. The predicted octanol–water partition coefficient (Wildman–Crippen LogP) is 1.96. The minimum Gasteiger partial charge on any atom is -0.492 e. The molecule has 114 valence electrons. The van der Waals surface area contributed by atoms with Gasteiger partial charge in [-0.1, -0.05) is 11.6 Å². The van der Waals surface area contributed by atoms with Crippen molar-refractivity contribution in [2.45, 2.75) is 12.8 Å². The summed E-state index contributed by atoms with van der Waals surface area (Å²) in [6.07, 6.45) is 1.81. The first kappa shape index (κ1) is 14.7. The van der Waals surface area contributed by atoms with E-state index in [9.17, 15) is 4.79 Å². The zero-order valence-electron chi connectivity index (χ0n) is 12.3. The molecule has 1 aromatic rings. The van der Waals surface area contributed by atoms with E-state index in [-0.39, 0.29) is 11.8 Å². The van der Waals surface area contributed by atoms with Crippen LogP contribution in [-0.4, -0.2) is 44.1 Å². The summed E-state index contributed by atoms with van der Waals surface area (Å²) in [5.74, 6) is 1.58. The summed E-state index contributed by atoms with van der Waals surface area (Å²) in [6, 6.07) is 5.62. The Morgan fingerprint density at radius 3 is 3.19 bits per heavy atom. The number of likely N-dealkylation sites (tertiary alicyclic amines) is 1. The second-order valence-corrected chi connectivity index (χ2v) is 6.40. The van der Waals surface area contributed by atoms with Crippen LogP contribution < -0.4 is 10.1 Å². The molecule has 2 aliphatic heterocycles. The zero-order chi connectivity index (χ0) is 14.8. The standard InChI is InChI=1S/C16H21ClN2O2/c1-18-8-11-4-5-19(9-11)16(20)13-6-12-7-14(17)2-3-15(12)21-10-13/h2-3,7,11,13,18H,4-6,8-10H2,1H3/t11-,13-/m0/s1. The van der Waals surface area contributed by atoms with Crippen LogP contribution in [0.25, 0.3) is 0 Å². The van der Waals surface area contributed by atoms with Gasteiger partial charge in [-0.2, -0.15) is 0 Å². The molecule has 0 bridgehead atoms. The Bertz CT molecular complexity index is 535. The van der Waals surface area contributed by atoms with Gasteiger partial charge in [0.05, 0.1) is 5.92 Å². The summed E-state index contributed by atoms with van der Waals surface area (Å²) in [7, 11) is 1.96. The average molecular weight is 309 g/mol. The maximum Gasteiger partial charge on any atom is 0.229 e. The minimum absolute atomic E-state index is 0.0793. The van der Waals surface area contributed by atoms with E-state index in [2.05, 4.69) is 5.32 Å². The number of halogens is 1. The lowest BCUT2D eigenvalue weighted by Gasteiger charge is -2.28. The van der Waals surface area contributed by atoms with Gasteiger partial charge in [-0.3, -0.25) is 4.79 Å². The van der Waals surface area contributed by atoms with Gasteiger partial charge >= 0.3 is 0 Å². The Hall–Kier alpha value is -1.26. The van der Waals surface area contributed by atoms with Crippen LogP contribution in [0.5, 0.6) is 5.75 Å². The van der Waals surface area contributed by atoms with E-state index in [0.29, 0.717) is 17.5 Å². The van der Waals surface area contributed by atoms with Gasteiger partial charge in [-0.25, -0.2) is 0 Å². The number of hydrogen-bond donors (Lipinski definition) is 1. The first-order valence-electron chi connectivity index (χ1n) is 7.52. The van der Waals surface area contributed by atoms with Crippen molar-refractivity contribution in [2.24, 2.45) is 11.8 Å². The molecular formula is C16H21ClN2O2. The Balaban J connectivity index is 1.64. The van der Waals surface area contributed by atoms with Crippen LogP contribution in [0.1, 0.15) is 12.0 Å². The highest BCUT2D eigenvalue weighted by Gasteiger charge is 2.33. The molecule has 1 fully saturated rings. The van der Waals surface area contributed by atoms with E-state index in [0.717, 1.165) is 43.8 Å². The average Bonchev–Trinajstić information content (AvgIpc) is 2.94. The van der Waals surface area contributed by atoms with Crippen molar-refractivity contribution in [1.82, 2.24) is 10.2 Å². The third-order valence-electron chi connectivity index (χ3n) is 4.37. The van der Waals surface area contributed by atoms with Crippen molar-refractivity contribution in [3.05, 3.63) is 28.8 Å². The van der Waals surface area contributed by atoms with E-state index >= 15 is 0 Å². The molecule has 21 heavy (non-hydrogen) atoms. The smallest absolute Gasteiger partial charge is 0.229 e. The monoisotopic (exact) mass is 308 g/mol. The van der Waals surface area contributed by atoms with Crippen molar-refractivity contribution in [3.63, 3.8) is 0 Å². The topological polar surface area (TPSA) is 41.6 Å². The molecular weight excluding hydrogens is 288 g/mol. The largest absolute Gasteiger partial charge is 0.492 e. The lowest BCUT2D eigenvalue weighted by molar-refractivity contribution is -0.135. The zero-order valence-corrected chi connectivity index (χ0v) is 13.0. The van der Waals surface area contributed by atoms with Crippen molar-refractivity contribution in [2.75, 3.05) is 33.3 Å². The molecule has 1 aromatic carbocycles. The van der Waals surface area contributed by atoms with Crippen LogP contribution in [0.15, 0.2) is 18.2 Å². The number of hydrogen-bond acceptors (Lipinski definition) is 3. The van der Waals surface area contributed by atoms with Crippen molar-refractivity contribution < 1.29 is 9.53 Å². The van der Waals surface area contributed by atoms with Crippen LogP contribution >= 0.6 is 11.6 Å². The summed E-state index contributed by atoms with van der Waals surface area (Å²) < 4.78 is 5.73. The highest BCUT2D eigenvalue weighted by molar-refractivity contribution is 6.30. The van der Waals surface area contributed by atoms with Gasteiger partial charge in [0.1, 0.15) is 12.4 Å². The molecule has 4 nitrogen and oxygen atoms in total. The van der Waals surface area contributed by atoms with E-state index in [4.69, 9.17) is 16.3 Å². The summed E-state index contributed by atoms with van der Waals surface area (Å²) in [4.78, 5) is 14.6. The molecule has 1 N–H and O–H groups in total. The summed E-state index contributed by atoms with van der Waals surface area (Å²) >= 11 is 6.03. The number of amides is 1. The third kappa shape index (κ3) is 3.16. The number of rotatable bonds is 3. The summed E-state index contributed by atoms with van der Waals surface area (Å²) in [5.41, 5.74) is 1.04. The molecule has 0 radical (unpaired) electrons. The normalized spacial score (nSPS) is 24.6. The highest BCUT2D eigenvalue weighted by atomic mass is 35.5. The lowest BCUT2D eigenvalue weighted by atomic mass is 9.95. The molecule has 2 atom stereocenters. The Morgan fingerprint density at radius 2 is 2.38 bits per heavy atom. The minimum atomic E-state index is -0.0793. The fourth-order valence-corrected chi connectivity index (χ4v) is 3.46. The first-order chi connectivity index (χ1) is 10.2. The number of carbonyl (C=O) groups is 1. The number of fused-ring (bicyclic) bond motifs is 1. The van der Waals surface area contributed by atoms with Gasteiger partial charge in [0.2, 0.25) is 5.91 Å². The van der Waals surface area contributed by atoms with E-state index < -0.39 is 0 Å². The van der Waals surface area contributed by atoms with Crippen LogP contribution in [-0.2, 0) is 11.2 Å². The molecule has 1 amide bonds. The Kier molecular flexibility index (Phi) is 4.36. The van der Waals surface area contributed by atoms with Gasteiger partial charge < -0.3 is 15.0 Å². The number of nitrogens with one attached hydrogen (secondary N) is 1. The van der Waals surface area contributed by atoms with E-state index in [1.165, 1.54) is 0 Å². The molecule has 0 saturated carbocycles. The highest BCUT2D eigenvalue weighted by Crippen LogP contribution is 2.31. The fourth-order valence-electron chi connectivity index (χ4n) is 3.27. The second kappa shape index (κ2) is 6.24. The van der Waals surface area contributed by atoms with Crippen LogP contribution in [0, 0.1) is 11.8 Å². The molecule has 0 aromatic heterocycles. The van der Waals surface area contributed by atoms with Crippen LogP contribution in [0.4, 0.5) is 0 Å². The van der Waals surface area contributed by atoms with Gasteiger partial charge in [0, 0.05) is 18.1 Å². The maximum atomic E-state index is 12.6. The molecule has 2 heterocycles. The number of carbonyl (C=O) groups excluding carboxylic acids is 1.